The van der Waals surface area contributed by atoms with Gasteiger partial charge in [-0.25, -0.2) is 4.98 Å². The van der Waals surface area contributed by atoms with Crippen LogP contribution in [0.3, 0.4) is 0 Å². The normalized spacial score (nSPS) is 12.8. The fraction of sp³-hybridized carbons (Fsp3) is 0.312. The number of aromatic nitrogens is 2. The van der Waals surface area contributed by atoms with Gasteiger partial charge in [-0.2, -0.15) is 0 Å². The summed E-state index contributed by atoms with van der Waals surface area (Å²) in [4.78, 5) is 5.76. The smallest absolute Gasteiger partial charge is 0.193 e. The van der Waals surface area contributed by atoms with Crippen LogP contribution in [0.4, 0.5) is 0 Å². The Balaban J connectivity index is 1.72. The molecule has 0 bridgehead atoms. The van der Waals surface area contributed by atoms with E-state index in [0.717, 1.165) is 24.3 Å². The van der Waals surface area contributed by atoms with E-state index < -0.39 is 0 Å². The van der Waals surface area contributed by atoms with Crippen molar-refractivity contribution in [2.24, 2.45) is 0 Å². The molecule has 0 radical (unpaired) electrons. The molecule has 1 unspecified atom stereocenters. The van der Waals surface area contributed by atoms with Crippen molar-refractivity contribution in [2.75, 3.05) is 6.54 Å². The molecule has 4 heteroatoms. The van der Waals surface area contributed by atoms with Crippen LogP contribution >= 0.6 is 11.3 Å². The molecule has 0 aliphatic heterocycles. The third-order valence-electron chi connectivity index (χ3n) is 3.42. The van der Waals surface area contributed by atoms with Crippen molar-refractivity contribution in [3.8, 4) is 0 Å². The van der Waals surface area contributed by atoms with Crippen LogP contribution in [-0.4, -0.2) is 22.0 Å². The van der Waals surface area contributed by atoms with E-state index in [1.54, 1.807) is 11.3 Å². The van der Waals surface area contributed by atoms with Gasteiger partial charge >= 0.3 is 0 Å². The summed E-state index contributed by atoms with van der Waals surface area (Å²) in [5.41, 5.74) is 2.54. The van der Waals surface area contributed by atoms with Gasteiger partial charge in [-0.1, -0.05) is 37.3 Å². The van der Waals surface area contributed by atoms with E-state index in [2.05, 4.69) is 69.7 Å². The van der Waals surface area contributed by atoms with E-state index in [1.165, 1.54) is 11.3 Å². The highest BCUT2D eigenvalue weighted by Gasteiger charge is 2.12. The van der Waals surface area contributed by atoms with Crippen LogP contribution in [0.5, 0.6) is 0 Å². The molecule has 0 aliphatic rings. The molecular weight excluding hydrogens is 266 g/mol. The highest BCUT2D eigenvalue weighted by atomic mass is 32.1. The van der Waals surface area contributed by atoms with Gasteiger partial charge in [0.25, 0.3) is 0 Å². The molecule has 3 nitrogen and oxygen atoms in total. The average molecular weight is 285 g/mol. The first-order valence-corrected chi connectivity index (χ1v) is 7.91. The van der Waals surface area contributed by atoms with Gasteiger partial charge in [-0.15, -0.1) is 11.3 Å². The summed E-state index contributed by atoms with van der Waals surface area (Å²) in [5.74, 6) is 0. The molecule has 1 aromatic carbocycles. The van der Waals surface area contributed by atoms with Crippen molar-refractivity contribution >= 4 is 16.3 Å². The number of nitrogens with zero attached hydrogens (tertiary/aromatic N) is 2. The van der Waals surface area contributed by atoms with Crippen LogP contribution < -0.4 is 5.32 Å². The first kappa shape index (κ1) is 13.3. The molecule has 3 aromatic rings. The van der Waals surface area contributed by atoms with Gasteiger partial charge in [0.05, 0.1) is 5.69 Å². The summed E-state index contributed by atoms with van der Waals surface area (Å²) < 4.78 is 2.10. The predicted octanol–water partition coefficient (Wildman–Crippen LogP) is 3.16. The van der Waals surface area contributed by atoms with Gasteiger partial charge < -0.3 is 5.32 Å². The van der Waals surface area contributed by atoms with E-state index in [9.17, 15) is 0 Å². The number of fused-ring (bicyclic) bond motifs is 1. The maximum absolute atomic E-state index is 4.68. The molecule has 1 atom stereocenters. The van der Waals surface area contributed by atoms with E-state index in [-0.39, 0.29) is 0 Å². The van der Waals surface area contributed by atoms with Crippen LogP contribution in [0, 0.1) is 0 Å². The van der Waals surface area contributed by atoms with Crippen LogP contribution in [0.15, 0.2) is 48.1 Å². The second-order valence-corrected chi connectivity index (χ2v) is 5.85. The van der Waals surface area contributed by atoms with E-state index in [1.807, 2.05) is 0 Å². The summed E-state index contributed by atoms with van der Waals surface area (Å²) >= 11 is 1.68. The molecule has 1 N–H and O–H groups in total. The lowest BCUT2D eigenvalue weighted by atomic mass is 10.0. The number of hydrogen-bond acceptors (Lipinski definition) is 3. The lowest BCUT2D eigenvalue weighted by molar-refractivity contribution is 0.517. The van der Waals surface area contributed by atoms with Crippen molar-refractivity contribution in [1.82, 2.24) is 14.7 Å². The molecule has 104 valence electrons. The Kier molecular flexibility index (Phi) is 4.14. The minimum absolute atomic E-state index is 0.437. The number of likely N-dealkylation sites (N-methyl/N-ethyl adjacent to an activating group) is 1. The summed E-state index contributed by atoms with van der Waals surface area (Å²) in [7, 11) is 0. The SMILES string of the molecule is CCNC(Cc1ccccc1)Cc1cn2ccsc2n1. The number of nitrogens with one attached hydrogen (secondary N) is 1. The maximum Gasteiger partial charge on any atom is 0.193 e. The van der Waals surface area contributed by atoms with E-state index in [4.69, 9.17) is 0 Å². The average Bonchev–Trinajstić information content (AvgIpc) is 3.01. The second-order valence-electron chi connectivity index (χ2n) is 4.97. The van der Waals surface area contributed by atoms with Gasteiger partial charge in [0, 0.05) is 30.2 Å². The van der Waals surface area contributed by atoms with Gasteiger partial charge in [-0.3, -0.25) is 4.40 Å². The van der Waals surface area contributed by atoms with Crippen molar-refractivity contribution in [3.05, 3.63) is 59.4 Å². The monoisotopic (exact) mass is 285 g/mol. The number of rotatable bonds is 6. The van der Waals surface area contributed by atoms with E-state index in [0.29, 0.717) is 6.04 Å². The minimum atomic E-state index is 0.437. The van der Waals surface area contributed by atoms with Gasteiger partial charge in [-0.05, 0) is 18.5 Å². The Bertz CT molecular complexity index is 628. The van der Waals surface area contributed by atoms with Gasteiger partial charge in [0.15, 0.2) is 4.96 Å². The minimum Gasteiger partial charge on any atom is -0.314 e. The highest BCUT2D eigenvalue weighted by Crippen LogP contribution is 2.14. The largest absolute Gasteiger partial charge is 0.314 e. The Hall–Kier alpha value is -1.65. The van der Waals surface area contributed by atoms with Crippen LogP contribution in [-0.2, 0) is 12.8 Å². The molecule has 0 amide bonds. The van der Waals surface area contributed by atoms with Crippen molar-refractivity contribution in [1.29, 1.82) is 0 Å². The molecule has 0 saturated heterocycles. The molecular formula is C16H19N3S. The number of thiazole rings is 1. The summed E-state index contributed by atoms with van der Waals surface area (Å²) in [6, 6.07) is 11.1. The van der Waals surface area contributed by atoms with Gasteiger partial charge in [0.1, 0.15) is 0 Å². The standard InChI is InChI=1S/C16H19N3S/c1-2-17-14(10-13-6-4-3-5-7-13)11-15-12-19-8-9-20-16(19)18-15/h3-9,12,14,17H,2,10-11H2,1H3. The summed E-state index contributed by atoms with van der Waals surface area (Å²) in [6.45, 7) is 3.14. The Morgan fingerprint density at radius 1 is 1.25 bits per heavy atom. The van der Waals surface area contributed by atoms with Crippen LogP contribution in [0.25, 0.3) is 4.96 Å². The lowest BCUT2D eigenvalue weighted by Crippen LogP contribution is -2.33. The quantitative estimate of drug-likeness (QED) is 0.754. The summed E-state index contributed by atoms with van der Waals surface area (Å²) in [5, 5.41) is 5.64. The summed E-state index contributed by atoms with van der Waals surface area (Å²) in [6.07, 6.45) is 6.22. The molecule has 20 heavy (non-hydrogen) atoms. The number of benzene rings is 1. The molecule has 2 aromatic heterocycles. The fourth-order valence-corrected chi connectivity index (χ4v) is 3.25. The highest BCUT2D eigenvalue weighted by molar-refractivity contribution is 7.15. The third-order valence-corrected chi connectivity index (χ3v) is 4.19. The molecule has 2 heterocycles. The third kappa shape index (κ3) is 3.08. The number of imidazole rings is 1. The first-order chi connectivity index (χ1) is 9.85. The van der Waals surface area contributed by atoms with Crippen LogP contribution in [0.1, 0.15) is 18.2 Å². The maximum atomic E-state index is 4.68. The lowest BCUT2D eigenvalue weighted by Gasteiger charge is -2.16. The van der Waals surface area contributed by atoms with Crippen molar-refractivity contribution in [2.45, 2.75) is 25.8 Å². The number of hydrogen-bond donors (Lipinski definition) is 1. The molecule has 0 saturated carbocycles. The zero-order valence-electron chi connectivity index (χ0n) is 11.6. The molecule has 0 spiro atoms. The van der Waals surface area contributed by atoms with Gasteiger partial charge in [0.2, 0.25) is 0 Å². The van der Waals surface area contributed by atoms with E-state index >= 15 is 0 Å². The van der Waals surface area contributed by atoms with Crippen molar-refractivity contribution < 1.29 is 0 Å². The molecule has 0 fully saturated rings. The molecule has 3 rings (SSSR count). The Morgan fingerprint density at radius 2 is 2.10 bits per heavy atom. The molecule has 0 aliphatic carbocycles. The Morgan fingerprint density at radius 3 is 2.85 bits per heavy atom. The van der Waals surface area contributed by atoms with Crippen LogP contribution in [0.2, 0.25) is 0 Å². The second kappa shape index (κ2) is 6.20. The zero-order chi connectivity index (χ0) is 13.8. The fourth-order valence-electron chi connectivity index (χ4n) is 2.53. The zero-order valence-corrected chi connectivity index (χ0v) is 12.4. The predicted molar refractivity (Wildman–Crippen MR) is 84.4 cm³/mol. The topological polar surface area (TPSA) is 29.3 Å². The Labute approximate surface area is 123 Å². The van der Waals surface area contributed by atoms with Crippen molar-refractivity contribution in [3.63, 3.8) is 0 Å². The first-order valence-electron chi connectivity index (χ1n) is 7.03.